The van der Waals surface area contributed by atoms with Crippen LogP contribution in [0, 0.1) is 5.82 Å². The Kier molecular flexibility index (Phi) is 6.77. The van der Waals surface area contributed by atoms with Crippen molar-refractivity contribution in [1.82, 2.24) is 19.9 Å². The van der Waals surface area contributed by atoms with Crippen LogP contribution in [0.2, 0.25) is 0 Å². The van der Waals surface area contributed by atoms with Crippen molar-refractivity contribution in [2.24, 2.45) is 0 Å². The number of nitrogens with zero attached hydrogens (tertiary/aromatic N) is 4. The maximum atomic E-state index is 13.2. The number of anilines is 2. The summed E-state index contributed by atoms with van der Waals surface area (Å²) in [6, 6.07) is 10.5. The number of hydrogen-bond acceptors (Lipinski definition) is 7. The zero-order valence-electron chi connectivity index (χ0n) is 18.0. The second-order valence-corrected chi connectivity index (χ2v) is 7.31. The second kappa shape index (κ2) is 9.79. The van der Waals surface area contributed by atoms with Crippen molar-refractivity contribution in [2.75, 3.05) is 17.2 Å². The smallest absolute Gasteiger partial charge is 0.405 e. The topological polar surface area (TPSA) is 84.9 Å². The Morgan fingerprint density at radius 2 is 1.56 bits per heavy atom. The Hall–Kier alpha value is -4.23. The standard InChI is InChI=1S/C22H15F7N6O/c23-14-7-5-12(6-8-14)15-10-30-18-17(33-15)19(32-11-21(24,25)26)35-20(34-18)31-9-13-3-1-2-4-16(13)36-22(27,28)29/h1-8,10H,9,11H2,(H2,30,31,32,34,35). The number of halogens is 7. The van der Waals surface area contributed by atoms with Crippen molar-refractivity contribution in [3.63, 3.8) is 0 Å². The molecule has 188 valence electrons. The summed E-state index contributed by atoms with van der Waals surface area (Å²) in [5.41, 5.74) is 0.618. The van der Waals surface area contributed by atoms with Crippen LogP contribution in [0.4, 0.5) is 42.5 Å². The molecule has 0 fully saturated rings. The summed E-state index contributed by atoms with van der Waals surface area (Å²) in [7, 11) is 0. The van der Waals surface area contributed by atoms with E-state index >= 15 is 0 Å². The third-order valence-electron chi connectivity index (χ3n) is 4.64. The van der Waals surface area contributed by atoms with E-state index in [9.17, 15) is 30.7 Å². The first-order valence-corrected chi connectivity index (χ1v) is 10.2. The van der Waals surface area contributed by atoms with Gasteiger partial charge in [-0.2, -0.15) is 23.1 Å². The highest BCUT2D eigenvalue weighted by atomic mass is 19.4. The van der Waals surface area contributed by atoms with Gasteiger partial charge in [0.25, 0.3) is 0 Å². The summed E-state index contributed by atoms with van der Waals surface area (Å²) in [6.07, 6.45) is -8.20. The molecule has 0 atom stereocenters. The van der Waals surface area contributed by atoms with Crippen LogP contribution in [0.1, 0.15) is 5.56 Å². The van der Waals surface area contributed by atoms with Crippen LogP contribution >= 0.6 is 0 Å². The van der Waals surface area contributed by atoms with Crippen LogP contribution < -0.4 is 15.4 Å². The van der Waals surface area contributed by atoms with Crippen molar-refractivity contribution >= 4 is 22.9 Å². The maximum Gasteiger partial charge on any atom is 0.573 e. The molecule has 0 spiro atoms. The van der Waals surface area contributed by atoms with Crippen LogP contribution in [-0.2, 0) is 6.54 Å². The van der Waals surface area contributed by atoms with Crippen LogP contribution in [0.3, 0.4) is 0 Å². The molecule has 0 radical (unpaired) electrons. The van der Waals surface area contributed by atoms with Gasteiger partial charge in [0.2, 0.25) is 5.95 Å². The first-order chi connectivity index (χ1) is 17.0. The van der Waals surface area contributed by atoms with E-state index in [-0.39, 0.29) is 40.7 Å². The molecule has 2 aromatic heterocycles. The molecular weight excluding hydrogens is 497 g/mol. The first kappa shape index (κ1) is 24.9. The minimum atomic E-state index is -4.91. The summed E-state index contributed by atoms with van der Waals surface area (Å²) in [6.45, 7) is -1.68. The molecule has 7 nitrogen and oxygen atoms in total. The molecule has 4 rings (SSSR count). The molecule has 0 saturated heterocycles. The summed E-state index contributed by atoms with van der Waals surface area (Å²) >= 11 is 0. The van der Waals surface area contributed by atoms with Crippen molar-refractivity contribution in [3.8, 4) is 17.0 Å². The van der Waals surface area contributed by atoms with Crippen LogP contribution in [0.15, 0.2) is 54.7 Å². The van der Waals surface area contributed by atoms with Crippen molar-refractivity contribution in [3.05, 3.63) is 66.1 Å². The van der Waals surface area contributed by atoms with Gasteiger partial charge in [0, 0.05) is 17.7 Å². The summed E-state index contributed by atoms with van der Waals surface area (Å²) in [5.74, 6) is -1.47. The number of nitrogens with one attached hydrogen (secondary N) is 2. The lowest BCUT2D eigenvalue weighted by Crippen LogP contribution is -2.22. The van der Waals surface area contributed by atoms with Gasteiger partial charge >= 0.3 is 12.5 Å². The van der Waals surface area contributed by atoms with Gasteiger partial charge in [0.15, 0.2) is 17.0 Å². The van der Waals surface area contributed by atoms with Gasteiger partial charge in [-0.25, -0.2) is 14.4 Å². The SMILES string of the molecule is Fc1ccc(-c2cnc3nc(NCc4ccccc4OC(F)(F)F)nc(NCC(F)(F)F)c3n2)cc1. The molecule has 0 aliphatic rings. The highest BCUT2D eigenvalue weighted by Crippen LogP contribution is 2.28. The normalized spacial score (nSPS) is 12.0. The lowest BCUT2D eigenvalue weighted by atomic mass is 10.1. The van der Waals surface area contributed by atoms with E-state index in [4.69, 9.17) is 0 Å². The Bertz CT molecular complexity index is 1360. The number of alkyl halides is 6. The van der Waals surface area contributed by atoms with Gasteiger partial charge < -0.3 is 15.4 Å². The third-order valence-corrected chi connectivity index (χ3v) is 4.64. The van der Waals surface area contributed by atoms with Gasteiger partial charge in [-0.15, -0.1) is 13.2 Å². The molecule has 36 heavy (non-hydrogen) atoms. The van der Waals surface area contributed by atoms with Gasteiger partial charge in [-0.1, -0.05) is 18.2 Å². The fourth-order valence-corrected chi connectivity index (χ4v) is 3.10. The lowest BCUT2D eigenvalue weighted by Gasteiger charge is -2.15. The summed E-state index contributed by atoms with van der Waals surface area (Å²) < 4.78 is 93.8. The molecule has 0 saturated carbocycles. The molecule has 4 aromatic rings. The van der Waals surface area contributed by atoms with Crippen molar-refractivity contribution in [2.45, 2.75) is 19.1 Å². The Morgan fingerprint density at radius 1 is 0.833 bits per heavy atom. The Labute approximate surface area is 198 Å². The van der Waals surface area contributed by atoms with E-state index in [1.54, 1.807) is 0 Å². The fourth-order valence-electron chi connectivity index (χ4n) is 3.10. The fraction of sp³-hybridized carbons (Fsp3) is 0.182. The molecule has 2 heterocycles. The van der Waals surface area contributed by atoms with Crippen molar-refractivity contribution < 1.29 is 35.5 Å². The number of para-hydroxylation sites is 1. The number of fused-ring (bicyclic) bond motifs is 1. The van der Waals surface area contributed by atoms with E-state index in [0.717, 1.165) is 6.07 Å². The average Bonchev–Trinajstić information content (AvgIpc) is 2.81. The molecular formula is C22H15F7N6O. The van der Waals surface area contributed by atoms with Crippen LogP contribution in [-0.4, -0.2) is 39.0 Å². The Balaban J connectivity index is 1.67. The zero-order chi connectivity index (χ0) is 25.9. The summed E-state index contributed by atoms with van der Waals surface area (Å²) in [5, 5.41) is 4.81. The molecule has 14 heteroatoms. The highest BCUT2D eigenvalue weighted by Gasteiger charge is 2.32. The first-order valence-electron chi connectivity index (χ1n) is 10.2. The third kappa shape index (κ3) is 6.46. The van der Waals surface area contributed by atoms with E-state index in [2.05, 4.69) is 35.3 Å². The number of benzene rings is 2. The quantitative estimate of drug-likeness (QED) is 0.307. The number of ether oxygens (including phenoxy) is 1. The van der Waals surface area contributed by atoms with Gasteiger partial charge in [-0.3, -0.25) is 0 Å². The van der Waals surface area contributed by atoms with E-state index in [1.807, 2.05) is 0 Å². The minimum Gasteiger partial charge on any atom is -0.405 e. The highest BCUT2D eigenvalue weighted by molar-refractivity contribution is 5.85. The van der Waals surface area contributed by atoms with Gasteiger partial charge in [0.05, 0.1) is 11.9 Å². The summed E-state index contributed by atoms with van der Waals surface area (Å²) in [4.78, 5) is 16.5. The zero-order valence-corrected chi connectivity index (χ0v) is 18.0. The second-order valence-electron chi connectivity index (χ2n) is 7.31. The lowest BCUT2D eigenvalue weighted by molar-refractivity contribution is -0.274. The molecule has 2 aromatic carbocycles. The number of rotatable bonds is 7. The number of hydrogen-bond donors (Lipinski definition) is 2. The monoisotopic (exact) mass is 512 g/mol. The minimum absolute atomic E-state index is 0.0807. The van der Waals surface area contributed by atoms with Crippen LogP contribution in [0.5, 0.6) is 5.75 Å². The Morgan fingerprint density at radius 3 is 2.25 bits per heavy atom. The van der Waals surface area contributed by atoms with Crippen molar-refractivity contribution in [1.29, 1.82) is 0 Å². The molecule has 0 aliphatic heterocycles. The van der Waals surface area contributed by atoms with Gasteiger partial charge in [0.1, 0.15) is 18.1 Å². The van der Waals surface area contributed by atoms with Crippen LogP contribution in [0.25, 0.3) is 22.4 Å². The number of aromatic nitrogens is 4. The molecule has 2 N–H and O–H groups in total. The maximum absolute atomic E-state index is 13.2. The largest absolute Gasteiger partial charge is 0.573 e. The van der Waals surface area contributed by atoms with Gasteiger partial charge in [-0.05, 0) is 30.3 Å². The predicted octanol–water partition coefficient (Wildman–Crippen LogP) is 5.71. The van der Waals surface area contributed by atoms with E-state index < -0.39 is 30.7 Å². The molecule has 0 unspecified atom stereocenters. The predicted molar refractivity (Wildman–Crippen MR) is 116 cm³/mol. The molecule has 0 bridgehead atoms. The van der Waals surface area contributed by atoms with E-state index in [1.165, 1.54) is 48.7 Å². The average molecular weight is 512 g/mol. The molecule has 0 amide bonds. The van der Waals surface area contributed by atoms with E-state index in [0.29, 0.717) is 5.56 Å². The molecule has 0 aliphatic carbocycles.